The van der Waals surface area contributed by atoms with E-state index >= 15 is 0 Å². The first-order chi connectivity index (χ1) is 11.7. The van der Waals surface area contributed by atoms with Crippen LogP contribution in [0.4, 0.5) is 9.59 Å². The molecule has 3 saturated carbocycles. The second kappa shape index (κ2) is 7.32. The summed E-state index contributed by atoms with van der Waals surface area (Å²) in [6.45, 7) is 0. The lowest BCUT2D eigenvalue weighted by atomic mass is 9.95. The summed E-state index contributed by atoms with van der Waals surface area (Å²) in [6, 6.07) is -0.784. The molecule has 3 fully saturated rings. The number of nitrogens with one attached hydrogen (secondary N) is 1. The smallest absolute Gasteiger partial charge is 0.450 e. The third-order valence-corrected chi connectivity index (χ3v) is 6.16. The Morgan fingerprint density at radius 2 is 1.92 bits per heavy atom. The summed E-state index contributed by atoms with van der Waals surface area (Å²) in [6.07, 6.45) is 0.774. The molecule has 3 aliphatic carbocycles. The number of halogens is 1. The monoisotopic (exact) mass is 410 g/mol. The molecule has 148 valence electrons. The average molecular weight is 411 g/mol. The van der Waals surface area contributed by atoms with Gasteiger partial charge >= 0.3 is 12.3 Å². The lowest BCUT2D eigenvalue weighted by molar-refractivity contribution is -0.134. The van der Waals surface area contributed by atoms with E-state index in [2.05, 4.69) is 5.32 Å². The first-order valence-electron chi connectivity index (χ1n) is 8.13. The second-order valence-electron chi connectivity index (χ2n) is 7.07. The minimum absolute atomic E-state index is 0. The van der Waals surface area contributed by atoms with Crippen LogP contribution in [-0.4, -0.2) is 58.3 Å². The van der Waals surface area contributed by atoms with Gasteiger partial charge in [0.25, 0.3) is 0 Å². The SMILES string of the molecule is CSCC[C@H](N)C(=O)N[C@]1(OC(=O)O)CC2(CC2)[C@@H]2[C@H](OC(=O)O)[C@H]21.Cl. The van der Waals surface area contributed by atoms with E-state index in [9.17, 15) is 14.4 Å². The molecule has 0 bridgehead atoms. The average Bonchev–Trinajstić information content (AvgIpc) is 3.37. The fourth-order valence-electron chi connectivity index (χ4n) is 4.35. The van der Waals surface area contributed by atoms with E-state index in [1.54, 1.807) is 11.8 Å². The van der Waals surface area contributed by atoms with E-state index in [-0.39, 0.29) is 23.7 Å². The Morgan fingerprint density at radius 3 is 2.42 bits per heavy atom. The molecule has 5 N–H and O–H groups in total. The Labute approximate surface area is 160 Å². The van der Waals surface area contributed by atoms with Crippen molar-refractivity contribution in [3.63, 3.8) is 0 Å². The zero-order chi connectivity index (χ0) is 18.4. The van der Waals surface area contributed by atoms with Crippen molar-refractivity contribution in [1.29, 1.82) is 0 Å². The van der Waals surface area contributed by atoms with Gasteiger partial charge in [-0.1, -0.05) is 0 Å². The maximum Gasteiger partial charge on any atom is 0.507 e. The first kappa shape index (κ1) is 20.9. The molecule has 0 radical (unpaired) electrons. The van der Waals surface area contributed by atoms with E-state index in [0.29, 0.717) is 18.6 Å². The van der Waals surface area contributed by atoms with Crippen LogP contribution >= 0.6 is 24.2 Å². The second-order valence-corrected chi connectivity index (χ2v) is 8.06. The van der Waals surface area contributed by atoms with Crippen LogP contribution in [0.15, 0.2) is 0 Å². The Balaban J connectivity index is 0.00000243. The number of hydrogen-bond acceptors (Lipinski definition) is 7. The highest BCUT2D eigenvalue weighted by molar-refractivity contribution is 7.98. The summed E-state index contributed by atoms with van der Waals surface area (Å²) >= 11 is 1.55. The Hall–Kier alpha value is -1.39. The molecule has 5 atom stereocenters. The van der Waals surface area contributed by atoms with Crippen molar-refractivity contribution in [3.8, 4) is 0 Å². The number of nitrogens with two attached hydrogens (primary N) is 1. The fraction of sp³-hybridized carbons (Fsp3) is 0.800. The maximum absolute atomic E-state index is 12.4. The van der Waals surface area contributed by atoms with Crippen LogP contribution in [0.5, 0.6) is 0 Å². The molecule has 3 aliphatic rings. The normalized spacial score (nSPS) is 33.4. The molecule has 26 heavy (non-hydrogen) atoms. The van der Waals surface area contributed by atoms with Crippen molar-refractivity contribution < 1.29 is 34.1 Å². The molecule has 0 unspecified atom stereocenters. The third kappa shape index (κ3) is 3.67. The largest absolute Gasteiger partial charge is 0.507 e. The third-order valence-electron chi connectivity index (χ3n) is 5.52. The topological polar surface area (TPSA) is 148 Å². The molecule has 1 spiro atoms. The molecular weight excluding hydrogens is 388 g/mol. The zero-order valence-corrected chi connectivity index (χ0v) is 15.8. The molecular formula is C15H23ClN2O7S. The minimum atomic E-state index is -1.52. The number of ether oxygens (including phenoxy) is 2. The lowest BCUT2D eigenvalue weighted by Crippen LogP contribution is -2.57. The van der Waals surface area contributed by atoms with Crippen LogP contribution < -0.4 is 11.1 Å². The minimum Gasteiger partial charge on any atom is -0.450 e. The predicted molar refractivity (Wildman–Crippen MR) is 94.4 cm³/mol. The van der Waals surface area contributed by atoms with Crippen molar-refractivity contribution in [3.05, 3.63) is 0 Å². The van der Waals surface area contributed by atoms with E-state index < -0.39 is 42.0 Å². The van der Waals surface area contributed by atoms with Gasteiger partial charge in [-0.25, -0.2) is 9.59 Å². The summed E-state index contributed by atoms with van der Waals surface area (Å²) in [5.74, 6) is -0.417. The number of thioether (sulfide) groups is 1. The van der Waals surface area contributed by atoms with Crippen LogP contribution in [-0.2, 0) is 14.3 Å². The van der Waals surface area contributed by atoms with Crippen LogP contribution in [0.2, 0.25) is 0 Å². The van der Waals surface area contributed by atoms with Gasteiger partial charge in [0.15, 0.2) is 5.72 Å². The number of carbonyl (C=O) groups excluding carboxylic acids is 1. The molecule has 3 rings (SSSR count). The van der Waals surface area contributed by atoms with Crippen molar-refractivity contribution >= 4 is 42.4 Å². The van der Waals surface area contributed by atoms with Gasteiger partial charge in [0.05, 0.1) is 12.0 Å². The number of fused-ring (bicyclic) bond motifs is 2. The van der Waals surface area contributed by atoms with E-state index in [1.807, 2.05) is 6.26 Å². The van der Waals surface area contributed by atoms with Gasteiger partial charge in [0.1, 0.15) is 6.10 Å². The van der Waals surface area contributed by atoms with Crippen molar-refractivity contribution in [2.75, 3.05) is 12.0 Å². The van der Waals surface area contributed by atoms with Crippen LogP contribution in [0.1, 0.15) is 25.7 Å². The molecule has 1 amide bonds. The van der Waals surface area contributed by atoms with Gasteiger partial charge < -0.3 is 30.7 Å². The number of carbonyl (C=O) groups is 3. The fourth-order valence-corrected chi connectivity index (χ4v) is 4.84. The molecule has 9 nitrogen and oxygen atoms in total. The molecule has 0 aromatic heterocycles. The molecule has 11 heteroatoms. The van der Waals surface area contributed by atoms with Crippen LogP contribution in [0, 0.1) is 17.3 Å². The van der Waals surface area contributed by atoms with Crippen LogP contribution in [0.3, 0.4) is 0 Å². The van der Waals surface area contributed by atoms with Gasteiger partial charge in [0, 0.05) is 12.3 Å². The lowest BCUT2D eigenvalue weighted by Gasteiger charge is -2.33. The number of amides is 1. The highest BCUT2D eigenvalue weighted by Gasteiger charge is 2.82. The van der Waals surface area contributed by atoms with Crippen molar-refractivity contribution in [1.82, 2.24) is 5.32 Å². The molecule has 0 aromatic rings. The van der Waals surface area contributed by atoms with E-state index in [0.717, 1.165) is 12.8 Å². The van der Waals surface area contributed by atoms with Gasteiger partial charge in [-0.15, -0.1) is 12.4 Å². The highest BCUT2D eigenvalue weighted by Crippen LogP contribution is 2.76. The van der Waals surface area contributed by atoms with Crippen molar-refractivity contribution in [2.45, 2.75) is 43.6 Å². The molecule has 0 aromatic carbocycles. The number of hydrogen-bond donors (Lipinski definition) is 4. The van der Waals surface area contributed by atoms with Gasteiger partial charge in [0.2, 0.25) is 5.91 Å². The molecule has 0 aliphatic heterocycles. The highest BCUT2D eigenvalue weighted by atomic mass is 35.5. The predicted octanol–water partition coefficient (Wildman–Crippen LogP) is 1.49. The van der Waals surface area contributed by atoms with Crippen molar-refractivity contribution in [2.24, 2.45) is 23.0 Å². The standard InChI is InChI=1S/C15H22N2O7S.ClH/c1-25-5-2-7(16)11(18)17-15(24-13(21)22)6-14(3-4-14)8-9(15)10(8)23-12(19)20;/h7-10H,2-6,16H2,1H3,(H,17,18)(H,19,20)(H,21,22);1H/t7-,8-,9-,10-,15-;/m0./s1. The zero-order valence-electron chi connectivity index (χ0n) is 14.2. The first-order valence-corrected chi connectivity index (χ1v) is 9.52. The molecule has 0 saturated heterocycles. The maximum atomic E-state index is 12.4. The van der Waals surface area contributed by atoms with Gasteiger partial charge in [-0.3, -0.25) is 4.79 Å². The quantitative estimate of drug-likeness (QED) is 0.361. The Morgan fingerprint density at radius 1 is 1.27 bits per heavy atom. The number of rotatable bonds is 7. The van der Waals surface area contributed by atoms with Gasteiger partial charge in [-0.05, 0) is 36.7 Å². The van der Waals surface area contributed by atoms with E-state index in [1.165, 1.54) is 0 Å². The summed E-state index contributed by atoms with van der Waals surface area (Å²) in [5, 5.41) is 20.7. The Kier molecular flexibility index (Phi) is 5.89. The summed E-state index contributed by atoms with van der Waals surface area (Å²) in [7, 11) is 0. The van der Waals surface area contributed by atoms with E-state index in [4.69, 9.17) is 25.4 Å². The van der Waals surface area contributed by atoms with Crippen LogP contribution in [0.25, 0.3) is 0 Å². The summed E-state index contributed by atoms with van der Waals surface area (Å²) < 4.78 is 10.0. The Bertz CT molecular complexity index is 603. The summed E-state index contributed by atoms with van der Waals surface area (Å²) in [5.41, 5.74) is 4.19. The molecule has 0 heterocycles. The van der Waals surface area contributed by atoms with Gasteiger partial charge in [-0.2, -0.15) is 11.8 Å². The summed E-state index contributed by atoms with van der Waals surface area (Å²) in [4.78, 5) is 34.6. The number of carboxylic acid groups (broad SMARTS) is 2.